The van der Waals surface area contributed by atoms with Crippen LogP contribution in [0.2, 0.25) is 5.02 Å². The number of hydrogen-bond acceptors (Lipinski definition) is 4. The van der Waals surface area contributed by atoms with Crippen LogP contribution in [0.3, 0.4) is 0 Å². The summed E-state index contributed by atoms with van der Waals surface area (Å²) >= 11 is 6.24. The number of morpholine rings is 1. The molecule has 3 fully saturated rings. The zero-order valence-electron chi connectivity index (χ0n) is 16.0. The van der Waals surface area contributed by atoms with Gasteiger partial charge >= 0.3 is 0 Å². The highest BCUT2D eigenvalue weighted by atomic mass is 35.5. The number of fused-ring (bicyclic) bond motifs is 1. The number of hydrogen-bond donors (Lipinski definition) is 0. The van der Waals surface area contributed by atoms with Gasteiger partial charge in [0, 0.05) is 31.2 Å². The molecule has 1 aromatic rings. The zero-order chi connectivity index (χ0) is 19.7. The lowest BCUT2D eigenvalue weighted by Gasteiger charge is -2.44. The first-order valence-corrected chi connectivity index (χ1v) is 12.0. The van der Waals surface area contributed by atoms with Crippen LogP contribution in [0, 0.1) is 5.92 Å². The van der Waals surface area contributed by atoms with E-state index in [0.717, 1.165) is 25.8 Å². The van der Waals surface area contributed by atoms with Crippen LogP contribution in [-0.4, -0.2) is 62.4 Å². The molecule has 2 heterocycles. The van der Waals surface area contributed by atoms with E-state index in [9.17, 15) is 13.2 Å². The summed E-state index contributed by atoms with van der Waals surface area (Å²) in [6, 6.07) is 4.92. The van der Waals surface area contributed by atoms with Crippen LogP contribution < -0.4 is 0 Å². The lowest BCUT2D eigenvalue weighted by atomic mass is 9.78. The van der Waals surface area contributed by atoms with Gasteiger partial charge in [0.2, 0.25) is 10.0 Å². The first-order chi connectivity index (χ1) is 13.5. The number of sulfonamides is 1. The molecule has 0 aromatic heterocycles. The summed E-state index contributed by atoms with van der Waals surface area (Å²) in [7, 11) is -3.75. The van der Waals surface area contributed by atoms with E-state index in [1.54, 1.807) is 6.07 Å². The average Bonchev–Trinajstić information content (AvgIpc) is 2.73. The maximum Gasteiger partial charge on any atom is 0.254 e. The van der Waals surface area contributed by atoms with Crippen LogP contribution >= 0.6 is 11.6 Å². The van der Waals surface area contributed by atoms with Crippen molar-refractivity contribution in [3.8, 4) is 0 Å². The molecule has 6 nitrogen and oxygen atoms in total. The first kappa shape index (κ1) is 20.1. The second kappa shape index (κ2) is 8.30. The Morgan fingerprint density at radius 3 is 2.54 bits per heavy atom. The molecule has 2 atom stereocenters. The van der Waals surface area contributed by atoms with E-state index >= 15 is 0 Å². The largest absolute Gasteiger partial charge is 0.379 e. The molecular weight excluding hydrogens is 400 g/mol. The number of halogens is 1. The Hall–Kier alpha value is -1.15. The van der Waals surface area contributed by atoms with Gasteiger partial charge in [-0.1, -0.05) is 24.4 Å². The summed E-state index contributed by atoms with van der Waals surface area (Å²) in [5.74, 6) is 0.502. The zero-order valence-corrected chi connectivity index (χ0v) is 17.6. The molecule has 8 heteroatoms. The van der Waals surface area contributed by atoms with E-state index in [0.29, 0.717) is 37.8 Å². The topological polar surface area (TPSA) is 66.9 Å². The third-order valence-corrected chi connectivity index (χ3v) is 8.65. The second-order valence-corrected chi connectivity index (χ2v) is 10.2. The molecule has 0 bridgehead atoms. The number of likely N-dealkylation sites (tertiary alicyclic amines) is 1. The molecule has 2 saturated heterocycles. The van der Waals surface area contributed by atoms with Crippen LogP contribution in [0.5, 0.6) is 0 Å². The van der Waals surface area contributed by atoms with Gasteiger partial charge < -0.3 is 9.64 Å². The lowest BCUT2D eigenvalue weighted by Crippen LogP contribution is -2.49. The number of nitrogens with zero attached hydrogens (tertiary/aromatic N) is 2. The van der Waals surface area contributed by atoms with Crippen LogP contribution in [-0.2, 0) is 14.8 Å². The fourth-order valence-electron chi connectivity index (χ4n) is 4.80. The Labute approximate surface area is 171 Å². The molecule has 1 amide bonds. The number of piperidine rings is 1. The maximum atomic E-state index is 13.3. The summed E-state index contributed by atoms with van der Waals surface area (Å²) in [6.45, 7) is 2.08. The van der Waals surface area contributed by atoms with Crippen LogP contribution in [0.4, 0.5) is 0 Å². The summed E-state index contributed by atoms with van der Waals surface area (Å²) in [6.07, 6.45) is 6.83. The molecule has 154 valence electrons. The number of carbonyl (C=O) groups is 1. The summed E-state index contributed by atoms with van der Waals surface area (Å²) in [5.41, 5.74) is 0.405. The van der Waals surface area contributed by atoms with Gasteiger partial charge in [-0.25, -0.2) is 8.42 Å². The molecular formula is C20H27ClN2O4S. The van der Waals surface area contributed by atoms with Crippen molar-refractivity contribution < 1.29 is 17.9 Å². The Morgan fingerprint density at radius 2 is 1.75 bits per heavy atom. The van der Waals surface area contributed by atoms with Gasteiger partial charge in [0.05, 0.1) is 18.2 Å². The minimum atomic E-state index is -3.75. The van der Waals surface area contributed by atoms with Crippen LogP contribution in [0.25, 0.3) is 0 Å². The van der Waals surface area contributed by atoms with Crippen molar-refractivity contribution in [3.05, 3.63) is 28.8 Å². The molecule has 0 spiro atoms. The Balaban J connectivity index is 1.62. The van der Waals surface area contributed by atoms with E-state index in [1.807, 2.05) is 4.90 Å². The van der Waals surface area contributed by atoms with Gasteiger partial charge in [0.15, 0.2) is 0 Å². The highest BCUT2D eigenvalue weighted by Gasteiger charge is 2.36. The maximum absolute atomic E-state index is 13.3. The van der Waals surface area contributed by atoms with E-state index in [1.165, 1.54) is 35.7 Å². The predicted molar refractivity (Wildman–Crippen MR) is 107 cm³/mol. The van der Waals surface area contributed by atoms with Crippen molar-refractivity contribution in [3.63, 3.8) is 0 Å². The van der Waals surface area contributed by atoms with E-state index < -0.39 is 10.0 Å². The van der Waals surface area contributed by atoms with E-state index in [4.69, 9.17) is 16.3 Å². The summed E-state index contributed by atoms with van der Waals surface area (Å²) in [4.78, 5) is 15.3. The molecule has 28 heavy (non-hydrogen) atoms. The van der Waals surface area contributed by atoms with Gasteiger partial charge in [-0.3, -0.25) is 4.79 Å². The van der Waals surface area contributed by atoms with Crippen LogP contribution in [0.15, 0.2) is 23.1 Å². The van der Waals surface area contributed by atoms with Gasteiger partial charge in [0.1, 0.15) is 4.90 Å². The number of benzene rings is 1. The highest BCUT2D eigenvalue weighted by molar-refractivity contribution is 7.89. The SMILES string of the molecule is O=C(c1ccc(Cl)c(S(=O)(=O)N2CCOCC2)c1)N1CCC[C@@H]2CCCC[C@@H]21. The fraction of sp³-hybridized carbons (Fsp3) is 0.650. The van der Waals surface area contributed by atoms with Gasteiger partial charge in [-0.2, -0.15) is 4.31 Å². The number of ether oxygens (including phenoxy) is 1. The number of amides is 1. The standard InChI is InChI=1S/C20H27ClN2O4S/c21-17-8-7-16(14-19(17)28(25,26)22-10-12-27-13-11-22)20(24)23-9-3-5-15-4-1-2-6-18(15)23/h7-8,14-15,18H,1-6,9-13H2/t15-,18-/m0/s1. The van der Waals surface area contributed by atoms with Gasteiger partial charge in [0.25, 0.3) is 5.91 Å². The lowest BCUT2D eigenvalue weighted by molar-refractivity contribution is 0.0390. The molecule has 4 rings (SSSR count). The predicted octanol–water partition coefficient (Wildman–Crippen LogP) is 3.16. The minimum absolute atomic E-state index is 0.0131. The third kappa shape index (κ3) is 3.82. The third-order valence-electron chi connectivity index (χ3n) is 6.27. The Morgan fingerprint density at radius 1 is 1.04 bits per heavy atom. The number of carbonyl (C=O) groups excluding carboxylic acids is 1. The van der Waals surface area contributed by atoms with Crippen molar-refractivity contribution in [2.24, 2.45) is 5.92 Å². The average molecular weight is 427 g/mol. The molecule has 1 aromatic carbocycles. The number of rotatable bonds is 3. The van der Waals surface area contributed by atoms with Crippen molar-refractivity contribution >= 4 is 27.5 Å². The monoisotopic (exact) mass is 426 g/mol. The van der Waals surface area contributed by atoms with Crippen molar-refractivity contribution in [2.45, 2.75) is 49.5 Å². The molecule has 2 aliphatic heterocycles. The quantitative estimate of drug-likeness (QED) is 0.744. The molecule has 1 aliphatic carbocycles. The molecule has 0 unspecified atom stereocenters. The van der Waals surface area contributed by atoms with E-state index in [2.05, 4.69) is 0 Å². The smallest absolute Gasteiger partial charge is 0.254 e. The normalized spacial score (nSPS) is 26.7. The summed E-state index contributed by atoms with van der Waals surface area (Å²) < 4.78 is 32.7. The second-order valence-electron chi connectivity index (χ2n) is 7.91. The molecule has 0 N–H and O–H groups in total. The van der Waals surface area contributed by atoms with Crippen molar-refractivity contribution in [2.75, 3.05) is 32.8 Å². The Kier molecular flexibility index (Phi) is 5.97. The van der Waals surface area contributed by atoms with Crippen molar-refractivity contribution in [1.82, 2.24) is 9.21 Å². The molecule has 1 saturated carbocycles. The molecule has 0 radical (unpaired) electrons. The van der Waals surface area contributed by atoms with Gasteiger partial charge in [-0.15, -0.1) is 0 Å². The van der Waals surface area contributed by atoms with Crippen LogP contribution in [0.1, 0.15) is 48.9 Å². The van der Waals surface area contributed by atoms with E-state index in [-0.39, 0.29) is 21.9 Å². The minimum Gasteiger partial charge on any atom is -0.379 e. The van der Waals surface area contributed by atoms with Gasteiger partial charge in [-0.05, 0) is 49.8 Å². The fourth-order valence-corrected chi connectivity index (χ4v) is 6.71. The molecule has 3 aliphatic rings. The van der Waals surface area contributed by atoms with Crippen molar-refractivity contribution in [1.29, 1.82) is 0 Å². The first-order valence-electron chi connectivity index (χ1n) is 10.2. The Bertz CT molecular complexity index is 837. The highest BCUT2D eigenvalue weighted by Crippen LogP contribution is 2.36. The summed E-state index contributed by atoms with van der Waals surface area (Å²) in [5, 5.41) is 0.150.